The number of fused-ring (bicyclic) bond motifs is 1. The fourth-order valence-corrected chi connectivity index (χ4v) is 5.30. The second-order valence-corrected chi connectivity index (χ2v) is 9.50. The Morgan fingerprint density at radius 2 is 1.73 bits per heavy atom. The highest BCUT2D eigenvalue weighted by Crippen LogP contribution is 2.28. The number of hydrogen-bond donors (Lipinski definition) is 0. The fourth-order valence-electron chi connectivity index (χ4n) is 4.38. The van der Waals surface area contributed by atoms with Crippen molar-refractivity contribution in [2.45, 2.75) is 24.5 Å². The largest absolute Gasteiger partial charge is 0.368 e. The van der Waals surface area contributed by atoms with E-state index in [4.69, 9.17) is 0 Å². The number of benzene rings is 2. The van der Waals surface area contributed by atoms with Crippen molar-refractivity contribution in [3.8, 4) is 0 Å². The van der Waals surface area contributed by atoms with Crippen LogP contribution in [-0.2, 0) is 5.75 Å². The van der Waals surface area contributed by atoms with Gasteiger partial charge in [-0.2, -0.15) is 0 Å². The van der Waals surface area contributed by atoms with Crippen molar-refractivity contribution >= 4 is 29.0 Å². The molecule has 5 rings (SSSR count). The number of imidazole rings is 1. The van der Waals surface area contributed by atoms with E-state index in [9.17, 15) is 4.79 Å². The van der Waals surface area contributed by atoms with Crippen LogP contribution in [-0.4, -0.2) is 46.4 Å². The highest BCUT2D eigenvalue weighted by molar-refractivity contribution is 7.98. The van der Waals surface area contributed by atoms with Gasteiger partial charge in [-0.05, 0) is 55.3 Å². The first kappa shape index (κ1) is 21.6. The number of aryl methyl sites for hydroxylation is 1. The van der Waals surface area contributed by atoms with Crippen molar-refractivity contribution in [3.63, 3.8) is 0 Å². The maximum Gasteiger partial charge on any atom is 0.255 e. The molecule has 0 unspecified atom stereocenters. The van der Waals surface area contributed by atoms with Crippen LogP contribution in [0.3, 0.4) is 0 Å². The van der Waals surface area contributed by atoms with Gasteiger partial charge in [0.15, 0.2) is 0 Å². The first-order valence-corrected chi connectivity index (χ1v) is 12.3. The van der Waals surface area contributed by atoms with Crippen LogP contribution in [0.4, 0.5) is 5.69 Å². The Kier molecular flexibility index (Phi) is 6.09. The summed E-state index contributed by atoms with van der Waals surface area (Å²) in [7, 11) is 0. The lowest BCUT2D eigenvalue weighted by Crippen LogP contribution is -2.49. The van der Waals surface area contributed by atoms with Gasteiger partial charge in [-0.25, -0.2) is 4.98 Å². The average Bonchev–Trinajstić information content (AvgIpc) is 3.27. The van der Waals surface area contributed by atoms with Gasteiger partial charge in [0.1, 0.15) is 5.65 Å². The SMILES string of the molecule is Cc1cccc(N2CCN(C(=O)c3ccccc3SCc3cn4ccccc4n3)CC2)c1C. The molecular weight excluding hydrogens is 428 g/mol. The lowest BCUT2D eigenvalue weighted by molar-refractivity contribution is 0.0743. The smallest absolute Gasteiger partial charge is 0.255 e. The minimum absolute atomic E-state index is 0.119. The zero-order valence-corrected chi connectivity index (χ0v) is 19.9. The summed E-state index contributed by atoms with van der Waals surface area (Å²) in [4.78, 5) is 23.5. The minimum atomic E-state index is 0.119. The van der Waals surface area contributed by atoms with E-state index in [1.807, 2.05) is 58.0 Å². The third kappa shape index (κ3) is 4.48. The number of hydrogen-bond acceptors (Lipinski definition) is 4. The predicted molar refractivity (Wildman–Crippen MR) is 135 cm³/mol. The van der Waals surface area contributed by atoms with Crippen LogP contribution in [0.5, 0.6) is 0 Å². The Bertz CT molecular complexity index is 1260. The molecule has 0 saturated carbocycles. The Balaban J connectivity index is 1.26. The van der Waals surface area contributed by atoms with Gasteiger partial charge < -0.3 is 14.2 Å². The van der Waals surface area contributed by atoms with Gasteiger partial charge in [0.05, 0.1) is 11.3 Å². The number of carbonyl (C=O) groups is 1. The molecule has 0 N–H and O–H groups in total. The topological polar surface area (TPSA) is 40.9 Å². The summed E-state index contributed by atoms with van der Waals surface area (Å²) in [6.07, 6.45) is 4.06. The molecule has 2 aromatic carbocycles. The number of piperazine rings is 1. The Morgan fingerprint density at radius 3 is 2.55 bits per heavy atom. The molecule has 0 atom stereocenters. The van der Waals surface area contributed by atoms with E-state index in [1.54, 1.807) is 11.8 Å². The second kappa shape index (κ2) is 9.32. The first-order valence-electron chi connectivity index (χ1n) is 11.3. The molecule has 3 heterocycles. The van der Waals surface area contributed by atoms with Crippen LogP contribution in [0.1, 0.15) is 27.2 Å². The summed E-state index contributed by atoms with van der Waals surface area (Å²) in [6.45, 7) is 7.51. The number of nitrogens with zero attached hydrogens (tertiary/aromatic N) is 4. The summed E-state index contributed by atoms with van der Waals surface area (Å²) < 4.78 is 2.03. The van der Waals surface area contributed by atoms with Gasteiger partial charge in [-0.15, -0.1) is 11.8 Å². The van der Waals surface area contributed by atoms with Crippen molar-refractivity contribution in [2.75, 3.05) is 31.1 Å². The summed E-state index contributed by atoms with van der Waals surface area (Å²) in [6, 6.07) is 20.4. The van der Waals surface area contributed by atoms with E-state index in [-0.39, 0.29) is 5.91 Å². The van der Waals surface area contributed by atoms with E-state index in [1.165, 1.54) is 16.8 Å². The van der Waals surface area contributed by atoms with Crippen molar-refractivity contribution < 1.29 is 4.79 Å². The maximum absolute atomic E-state index is 13.4. The summed E-state index contributed by atoms with van der Waals surface area (Å²) in [5, 5.41) is 0. The molecule has 0 aliphatic carbocycles. The van der Waals surface area contributed by atoms with Crippen molar-refractivity contribution in [3.05, 3.63) is 95.4 Å². The van der Waals surface area contributed by atoms with Crippen LogP contribution in [0, 0.1) is 13.8 Å². The van der Waals surface area contributed by atoms with Gasteiger partial charge in [-0.3, -0.25) is 4.79 Å². The van der Waals surface area contributed by atoms with Crippen molar-refractivity contribution in [1.82, 2.24) is 14.3 Å². The van der Waals surface area contributed by atoms with Crippen LogP contribution in [0.15, 0.2) is 78.0 Å². The van der Waals surface area contributed by atoms with Gasteiger partial charge in [0, 0.05) is 54.9 Å². The van der Waals surface area contributed by atoms with Gasteiger partial charge in [0.2, 0.25) is 0 Å². The maximum atomic E-state index is 13.4. The number of anilines is 1. The molecule has 6 heteroatoms. The second-order valence-electron chi connectivity index (χ2n) is 8.48. The van der Waals surface area contributed by atoms with E-state index >= 15 is 0 Å². The number of thioether (sulfide) groups is 1. The van der Waals surface area contributed by atoms with Crippen molar-refractivity contribution in [2.24, 2.45) is 0 Å². The molecule has 0 bridgehead atoms. The number of rotatable bonds is 5. The quantitative estimate of drug-likeness (QED) is 0.387. The molecule has 1 aliphatic heterocycles. The number of pyridine rings is 1. The Labute approximate surface area is 199 Å². The first-order chi connectivity index (χ1) is 16.1. The molecule has 33 heavy (non-hydrogen) atoms. The molecule has 1 amide bonds. The predicted octanol–water partition coefficient (Wildman–Crippen LogP) is 5.21. The van der Waals surface area contributed by atoms with Crippen LogP contribution in [0.2, 0.25) is 0 Å². The standard InChI is InChI=1S/C27H28N4OS/c1-20-8-7-10-24(21(20)2)29-14-16-30(17-15-29)27(32)23-9-3-4-11-25(23)33-19-22-18-31-13-6-5-12-26(31)28-22/h3-13,18H,14-17,19H2,1-2H3. The zero-order chi connectivity index (χ0) is 22.8. The summed E-state index contributed by atoms with van der Waals surface area (Å²) in [5.74, 6) is 0.848. The van der Waals surface area contributed by atoms with Gasteiger partial charge in [-0.1, -0.05) is 30.3 Å². The van der Waals surface area contributed by atoms with E-state index in [2.05, 4.69) is 48.1 Å². The van der Waals surface area contributed by atoms with Gasteiger partial charge in [0.25, 0.3) is 5.91 Å². The molecule has 1 aliphatic rings. The van der Waals surface area contributed by atoms with Crippen molar-refractivity contribution in [1.29, 1.82) is 0 Å². The fraction of sp³-hybridized carbons (Fsp3) is 0.259. The average molecular weight is 457 g/mol. The highest BCUT2D eigenvalue weighted by atomic mass is 32.2. The molecule has 4 aromatic rings. The molecule has 5 nitrogen and oxygen atoms in total. The number of aromatic nitrogens is 2. The summed E-state index contributed by atoms with van der Waals surface area (Å²) >= 11 is 1.67. The normalized spacial score (nSPS) is 14.1. The van der Waals surface area contributed by atoms with E-state index < -0.39 is 0 Å². The molecule has 168 valence electrons. The van der Waals surface area contributed by atoms with Crippen LogP contribution < -0.4 is 4.90 Å². The monoisotopic (exact) mass is 456 g/mol. The van der Waals surface area contributed by atoms with Gasteiger partial charge >= 0.3 is 0 Å². The van der Waals surface area contributed by atoms with E-state index in [0.717, 1.165) is 53.7 Å². The molecule has 1 fully saturated rings. The number of carbonyl (C=O) groups excluding carboxylic acids is 1. The molecular formula is C27H28N4OS. The number of amides is 1. The van der Waals surface area contributed by atoms with Crippen LogP contribution >= 0.6 is 11.8 Å². The third-order valence-corrected chi connectivity index (χ3v) is 7.50. The zero-order valence-electron chi connectivity index (χ0n) is 19.1. The highest BCUT2D eigenvalue weighted by Gasteiger charge is 2.24. The Hall–Kier alpha value is -3.25. The van der Waals surface area contributed by atoms with Crippen LogP contribution in [0.25, 0.3) is 5.65 Å². The minimum Gasteiger partial charge on any atom is -0.368 e. The molecule has 0 radical (unpaired) electrons. The third-order valence-electron chi connectivity index (χ3n) is 6.39. The summed E-state index contributed by atoms with van der Waals surface area (Å²) in [5.41, 5.74) is 6.65. The molecule has 2 aromatic heterocycles. The Morgan fingerprint density at radius 1 is 0.939 bits per heavy atom. The lowest BCUT2D eigenvalue weighted by atomic mass is 10.1. The molecule has 1 saturated heterocycles. The van der Waals surface area contributed by atoms with E-state index in [0.29, 0.717) is 0 Å². The lowest BCUT2D eigenvalue weighted by Gasteiger charge is -2.37. The molecule has 0 spiro atoms.